The van der Waals surface area contributed by atoms with E-state index in [-0.39, 0.29) is 18.4 Å². The fourth-order valence-electron chi connectivity index (χ4n) is 2.29. The molecule has 0 radical (unpaired) electrons. The summed E-state index contributed by atoms with van der Waals surface area (Å²) in [7, 11) is 0. The molecule has 2 aromatic rings. The third-order valence-corrected chi connectivity index (χ3v) is 3.87. The molecule has 0 unspecified atom stereocenters. The fraction of sp³-hybridized carbons (Fsp3) is 0.412. The lowest BCUT2D eigenvalue weighted by Crippen LogP contribution is -2.29. The highest BCUT2D eigenvalue weighted by Gasteiger charge is 2.19. The molecule has 2 N–H and O–H groups in total. The van der Waals surface area contributed by atoms with Gasteiger partial charge in [0.05, 0.1) is 17.4 Å². The summed E-state index contributed by atoms with van der Waals surface area (Å²) in [6, 6.07) is 6.91. The van der Waals surface area contributed by atoms with E-state index in [0.717, 1.165) is 5.69 Å². The minimum Gasteiger partial charge on any atom is -0.387 e. The van der Waals surface area contributed by atoms with Crippen LogP contribution >= 0.6 is 11.6 Å². The lowest BCUT2D eigenvalue weighted by molar-refractivity contribution is 0.0915. The van der Waals surface area contributed by atoms with Gasteiger partial charge in [-0.15, -0.1) is 0 Å². The number of hydrogen-bond acceptors (Lipinski definition) is 3. The molecule has 0 saturated heterocycles. The Labute approximate surface area is 141 Å². The van der Waals surface area contributed by atoms with Gasteiger partial charge < -0.3 is 10.4 Å². The van der Waals surface area contributed by atoms with Gasteiger partial charge in [-0.25, -0.2) is 0 Å². The highest BCUT2D eigenvalue weighted by atomic mass is 35.5. The van der Waals surface area contributed by atoms with E-state index in [1.54, 1.807) is 35.1 Å². The molecule has 1 amide bonds. The van der Waals surface area contributed by atoms with Crippen molar-refractivity contribution in [1.29, 1.82) is 0 Å². The number of amides is 1. The molecule has 0 aliphatic heterocycles. The standard InChI is InChI=1S/C17H22ClN3O2/c1-4-21-10-14(16(20-21)11(2)3)17(23)19-9-15(22)12-5-7-13(18)8-6-12/h5-8,10-11,15,22H,4,9H2,1-3H3,(H,19,23)/t15-/m1/s1. The number of benzene rings is 1. The number of hydrogen-bond donors (Lipinski definition) is 2. The first-order chi connectivity index (χ1) is 10.9. The Morgan fingerprint density at radius 3 is 2.57 bits per heavy atom. The molecular weight excluding hydrogens is 314 g/mol. The number of aromatic nitrogens is 2. The highest BCUT2D eigenvalue weighted by molar-refractivity contribution is 6.30. The summed E-state index contributed by atoms with van der Waals surface area (Å²) in [5, 5.41) is 18.0. The van der Waals surface area contributed by atoms with Crippen LogP contribution in [-0.4, -0.2) is 27.3 Å². The van der Waals surface area contributed by atoms with Gasteiger partial charge in [0.1, 0.15) is 0 Å². The molecule has 0 aliphatic carbocycles. The molecule has 0 fully saturated rings. The number of carbonyl (C=O) groups excluding carboxylic acids is 1. The maximum Gasteiger partial charge on any atom is 0.254 e. The maximum atomic E-state index is 12.4. The Morgan fingerprint density at radius 1 is 1.35 bits per heavy atom. The van der Waals surface area contributed by atoms with Crippen molar-refractivity contribution in [2.75, 3.05) is 6.54 Å². The van der Waals surface area contributed by atoms with Crippen molar-refractivity contribution in [2.45, 2.75) is 39.3 Å². The Bertz CT molecular complexity index is 665. The lowest BCUT2D eigenvalue weighted by atomic mass is 10.1. The van der Waals surface area contributed by atoms with Crippen LogP contribution in [0.5, 0.6) is 0 Å². The topological polar surface area (TPSA) is 67.2 Å². The predicted molar refractivity (Wildman–Crippen MR) is 90.7 cm³/mol. The quantitative estimate of drug-likeness (QED) is 0.852. The number of carbonyl (C=O) groups is 1. The molecule has 1 aromatic carbocycles. The summed E-state index contributed by atoms with van der Waals surface area (Å²) in [5.74, 6) is -0.0637. The second-order valence-electron chi connectivity index (χ2n) is 5.72. The van der Waals surface area contributed by atoms with Gasteiger partial charge in [-0.1, -0.05) is 37.6 Å². The number of aryl methyl sites for hydroxylation is 1. The fourth-order valence-corrected chi connectivity index (χ4v) is 2.41. The molecule has 2 rings (SSSR count). The van der Waals surface area contributed by atoms with Crippen molar-refractivity contribution in [3.05, 3.63) is 52.3 Å². The number of aliphatic hydroxyl groups is 1. The molecule has 0 aliphatic rings. The minimum absolute atomic E-state index is 0.134. The molecule has 0 bridgehead atoms. The summed E-state index contributed by atoms with van der Waals surface area (Å²) in [4.78, 5) is 12.4. The van der Waals surface area contributed by atoms with Crippen LogP contribution in [0.15, 0.2) is 30.5 Å². The SMILES string of the molecule is CCn1cc(C(=O)NC[C@@H](O)c2ccc(Cl)cc2)c(C(C)C)n1. The van der Waals surface area contributed by atoms with Crippen LogP contribution in [0.1, 0.15) is 54.4 Å². The Balaban J connectivity index is 2.04. The van der Waals surface area contributed by atoms with Gasteiger partial charge in [0, 0.05) is 24.3 Å². The van der Waals surface area contributed by atoms with E-state index in [1.807, 2.05) is 20.8 Å². The average Bonchev–Trinajstić information content (AvgIpc) is 2.97. The predicted octanol–water partition coefficient (Wildman–Crippen LogP) is 3.14. The van der Waals surface area contributed by atoms with E-state index < -0.39 is 6.10 Å². The summed E-state index contributed by atoms with van der Waals surface area (Å²) < 4.78 is 1.75. The van der Waals surface area contributed by atoms with Gasteiger partial charge in [0.2, 0.25) is 0 Å². The molecule has 124 valence electrons. The molecule has 6 heteroatoms. The van der Waals surface area contributed by atoms with Gasteiger partial charge in [0.25, 0.3) is 5.91 Å². The number of halogens is 1. The largest absolute Gasteiger partial charge is 0.387 e. The lowest BCUT2D eigenvalue weighted by Gasteiger charge is -2.12. The minimum atomic E-state index is -0.778. The second kappa shape index (κ2) is 7.62. The molecule has 0 saturated carbocycles. The smallest absolute Gasteiger partial charge is 0.254 e. The van der Waals surface area contributed by atoms with Gasteiger partial charge >= 0.3 is 0 Å². The first-order valence-electron chi connectivity index (χ1n) is 7.71. The number of aliphatic hydroxyl groups excluding tert-OH is 1. The monoisotopic (exact) mass is 335 g/mol. The normalized spacial score (nSPS) is 12.4. The van der Waals surface area contributed by atoms with Crippen molar-refractivity contribution < 1.29 is 9.90 Å². The van der Waals surface area contributed by atoms with E-state index in [0.29, 0.717) is 22.7 Å². The van der Waals surface area contributed by atoms with E-state index in [1.165, 1.54) is 0 Å². The Kier molecular flexibility index (Phi) is 5.80. The van der Waals surface area contributed by atoms with Crippen LogP contribution in [0.3, 0.4) is 0 Å². The van der Waals surface area contributed by atoms with Crippen LogP contribution in [-0.2, 0) is 6.54 Å². The number of rotatable bonds is 6. The van der Waals surface area contributed by atoms with Crippen molar-refractivity contribution in [3.8, 4) is 0 Å². The first kappa shape index (κ1) is 17.5. The Morgan fingerprint density at radius 2 is 2.00 bits per heavy atom. The van der Waals surface area contributed by atoms with Crippen molar-refractivity contribution in [3.63, 3.8) is 0 Å². The van der Waals surface area contributed by atoms with Gasteiger partial charge in [-0.2, -0.15) is 5.10 Å². The molecule has 1 aromatic heterocycles. The number of nitrogens with zero attached hydrogens (tertiary/aromatic N) is 2. The van der Waals surface area contributed by atoms with Gasteiger partial charge in [-0.05, 0) is 30.5 Å². The van der Waals surface area contributed by atoms with Crippen LogP contribution in [0.25, 0.3) is 0 Å². The zero-order valence-corrected chi connectivity index (χ0v) is 14.3. The molecule has 0 spiro atoms. The molecule has 1 heterocycles. The van der Waals surface area contributed by atoms with Gasteiger partial charge in [-0.3, -0.25) is 9.48 Å². The van der Waals surface area contributed by atoms with E-state index in [2.05, 4.69) is 10.4 Å². The van der Waals surface area contributed by atoms with Crippen LogP contribution in [0, 0.1) is 0 Å². The summed E-state index contributed by atoms with van der Waals surface area (Å²) in [5.41, 5.74) is 2.04. The maximum absolute atomic E-state index is 12.4. The molecule has 23 heavy (non-hydrogen) atoms. The van der Waals surface area contributed by atoms with Crippen molar-refractivity contribution in [2.24, 2.45) is 0 Å². The van der Waals surface area contributed by atoms with E-state index in [9.17, 15) is 9.90 Å². The Hall–Kier alpha value is -1.85. The third kappa shape index (κ3) is 4.33. The zero-order valence-electron chi connectivity index (χ0n) is 13.6. The zero-order chi connectivity index (χ0) is 17.0. The molecular formula is C17H22ClN3O2. The second-order valence-corrected chi connectivity index (χ2v) is 6.15. The van der Waals surface area contributed by atoms with E-state index in [4.69, 9.17) is 11.6 Å². The molecule has 1 atom stereocenters. The van der Waals surface area contributed by atoms with Crippen molar-refractivity contribution >= 4 is 17.5 Å². The first-order valence-corrected chi connectivity index (χ1v) is 8.09. The van der Waals surface area contributed by atoms with Crippen LogP contribution < -0.4 is 5.32 Å². The van der Waals surface area contributed by atoms with Gasteiger partial charge in [0.15, 0.2) is 0 Å². The van der Waals surface area contributed by atoms with Crippen molar-refractivity contribution in [1.82, 2.24) is 15.1 Å². The summed E-state index contributed by atoms with van der Waals surface area (Å²) >= 11 is 5.83. The third-order valence-electron chi connectivity index (χ3n) is 3.62. The highest BCUT2D eigenvalue weighted by Crippen LogP contribution is 2.19. The number of nitrogens with one attached hydrogen (secondary N) is 1. The van der Waals surface area contributed by atoms with Crippen LogP contribution in [0.2, 0.25) is 5.02 Å². The van der Waals surface area contributed by atoms with Crippen LogP contribution in [0.4, 0.5) is 0 Å². The summed E-state index contributed by atoms with van der Waals surface area (Å²) in [6.45, 7) is 6.82. The molecule has 5 nitrogen and oxygen atoms in total. The summed E-state index contributed by atoms with van der Waals surface area (Å²) in [6.07, 6.45) is 0.972. The average molecular weight is 336 g/mol. The van der Waals surface area contributed by atoms with E-state index >= 15 is 0 Å².